The molecule has 1 fully saturated rings. The van der Waals surface area contributed by atoms with E-state index in [1.807, 2.05) is 49.4 Å². The maximum atomic E-state index is 12.5. The number of aryl methyl sites for hydroxylation is 1. The summed E-state index contributed by atoms with van der Waals surface area (Å²) in [5.41, 5.74) is 3.13. The van der Waals surface area contributed by atoms with Crippen LogP contribution in [0.15, 0.2) is 59.8 Å². The summed E-state index contributed by atoms with van der Waals surface area (Å²) in [6.07, 6.45) is 2.36. The van der Waals surface area contributed by atoms with Crippen LogP contribution in [0.4, 0.5) is 0 Å². The zero-order chi connectivity index (χ0) is 17.9. The number of benzene rings is 2. The highest BCUT2D eigenvalue weighted by molar-refractivity contribution is 7.99. The average molecular weight is 363 g/mol. The number of ketones is 1. The van der Waals surface area contributed by atoms with Crippen molar-refractivity contribution in [2.45, 2.75) is 37.4 Å². The fraction of sp³-hybridized carbons (Fsp3) is 0.286. The quantitative estimate of drug-likeness (QED) is 0.458. The zero-order valence-corrected chi connectivity index (χ0v) is 15.6. The lowest BCUT2D eigenvalue weighted by Gasteiger charge is -2.10. The smallest absolute Gasteiger partial charge is 0.191 e. The third-order valence-corrected chi connectivity index (χ3v) is 5.54. The molecule has 1 aromatic heterocycles. The highest BCUT2D eigenvalue weighted by Gasteiger charge is 2.30. The van der Waals surface area contributed by atoms with Crippen LogP contribution in [0.3, 0.4) is 0 Å². The molecule has 1 heterocycles. The minimum Gasteiger partial charge on any atom is -0.301 e. The fourth-order valence-electron chi connectivity index (χ4n) is 2.92. The molecule has 0 N–H and O–H groups in total. The second-order valence-corrected chi connectivity index (χ2v) is 7.71. The molecule has 1 aliphatic carbocycles. The van der Waals surface area contributed by atoms with Crippen LogP contribution in [0.1, 0.15) is 46.1 Å². The summed E-state index contributed by atoms with van der Waals surface area (Å²) in [7, 11) is 0. The molecule has 0 saturated heterocycles. The fourth-order valence-corrected chi connectivity index (χ4v) is 3.76. The molecule has 0 amide bonds. The van der Waals surface area contributed by atoms with E-state index in [1.54, 1.807) is 0 Å². The van der Waals surface area contributed by atoms with Gasteiger partial charge in [0.15, 0.2) is 10.9 Å². The van der Waals surface area contributed by atoms with Crippen molar-refractivity contribution in [3.8, 4) is 0 Å². The van der Waals surface area contributed by atoms with Crippen molar-refractivity contribution in [3.63, 3.8) is 0 Å². The Morgan fingerprint density at radius 3 is 2.50 bits per heavy atom. The molecule has 1 saturated carbocycles. The van der Waals surface area contributed by atoms with Gasteiger partial charge in [-0.25, -0.2) is 0 Å². The molecule has 3 aromatic rings. The van der Waals surface area contributed by atoms with Crippen molar-refractivity contribution < 1.29 is 4.79 Å². The molecule has 0 spiro atoms. The normalized spacial score (nSPS) is 13.7. The SMILES string of the molecule is Cc1ccc(C(=O)CSc2nnc(C3CC3)n2Cc2ccccc2)cc1. The molecule has 0 radical (unpaired) electrons. The van der Waals surface area contributed by atoms with Crippen molar-refractivity contribution in [3.05, 3.63) is 77.1 Å². The Labute approximate surface area is 157 Å². The summed E-state index contributed by atoms with van der Waals surface area (Å²) >= 11 is 1.48. The largest absolute Gasteiger partial charge is 0.301 e. The van der Waals surface area contributed by atoms with E-state index in [2.05, 4.69) is 26.9 Å². The van der Waals surface area contributed by atoms with E-state index in [4.69, 9.17) is 0 Å². The standard InChI is InChI=1S/C21H21N3OS/c1-15-7-9-17(10-8-15)19(25)14-26-21-23-22-20(18-11-12-18)24(21)13-16-5-3-2-4-6-16/h2-10,18H,11-14H2,1H3. The van der Waals surface area contributed by atoms with Gasteiger partial charge in [0.25, 0.3) is 0 Å². The van der Waals surface area contributed by atoms with Crippen molar-refractivity contribution in [2.24, 2.45) is 0 Å². The first-order valence-corrected chi connectivity index (χ1v) is 9.89. The number of hydrogen-bond donors (Lipinski definition) is 0. The number of Topliss-reactive ketones (excluding diaryl/α,β-unsaturated/α-hetero) is 1. The monoisotopic (exact) mass is 363 g/mol. The lowest BCUT2D eigenvalue weighted by molar-refractivity contribution is 0.102. The number of carbonyl (C=O) groups is 1. The lowest BCUT2D eigenvalue weighted by Crippen LogP contribution is -2.08. The summed E-state index contributed by atoms with van der Waals surface area (Å²) in [4.78, 5) is 12.5. The van der Waals surface area contributed by atoms with Gasteiger partial charge in [0.1, 0.15) is 5.82 Å². The van der Waals surface area contributed by atoms with E-state index in [9.17, 15) is 4.79 Å². The first-order chi connectivity index (χ1) is 12.7. The minimum absolute atomic E-state index is 0.122. The van der Waals surface area contributed by atoms with Crippen molar-refractivity contribution >= 4 is 17.5 Å². The van der Waals surface area contributed by atoms with E-state index in [-0.39, 0.29) is 5.78 Å². The maximum Gasteiger partial charge on any atom is 0.191 e. The Kier molecular flexibility index (Phi) is 4.89. The number of carbonyl (C=O) groups excluding carboxylic acids is 1. The first-order valence-electron chi connectivity index (χ1n) is 8.90. The van der Waals surface area contributed by atoms with Crippen LogP contribution in [-0.2, 0) is 6.54 Å². The van der Waals surface area contributed by atoms with Gasteiger partial charge in [-0.1, -0.05) is 71.9 Å². The van der Waals surface area contributed by atoms with Crippen LogP contribution < -0.4 is 0 Å². The number of hydrogen-bond acceptors (Lipinski definition) is 4. The predicted molar refractivity (Wildman–Crippen MR) is 104 cm³/mol. The molecule has 132 valence electrons. The third-order valence-electron chi connectivity index (χ3n) is 4.58. The van der Waals surface area contributed by atoms with E-state index >= 15 is 0 Å². The van der Waals surface area contributed by atoms with Crippen LogP contribution in [0, 0.1) is 6.92 Å². The highest BCUT2D eigenvalue weighted by atomic mass is 32.2. The lowest BCUT2D eigenvalue weighted by atomic mass is 10.1. The summed E-state index contributed by atoms with van der Waals surface area (Å²) < 4.78 is 2.18. The van der Waals surface area contributed by atoms with Crippen molar-refractivity contribution in [1.82, 2.24) is 14.8 Å². The third kappa shape index (κ3) is 3.88. The topological polar surface area (TPSA) is 47.8 Å². The van der Waals surface area contributed by atoms with E-state index in [0.717, 1.165) is 28.7 Å². The Balaban J connectivity index is 1.51. The van der Waals surface area contributed by atoms with Crippen molar-refractivity contribution in [2.75, 3.05) is 5.75 Å². The Morgan fingerprint density at radius 2 is 1.81 bits per heavy atom. The Hall–Kier alpha value is -2.40. The van der Waals surface area contributed by atoms with Gasteiger partial charge in [0.2, 0.25) is 0 Å². The van der Waals surface area contributed by atoms with Crippen LogP contribution >= 0.6 is 11.8 Å². The molecule has 5 heteroatoms. The molecule has 26 heavy (non-hydrogen) atoms. The summed E-state index contributed by atoms with van der Waals surface area (Å²) in [5.74, 6) is 2.07. The Bertz CT molecular complexity index is 899. The molecule has 0 bridgehead atoms. The molecular weight excluding hydrogens is 342 g/mol. The molecule has 1 aliphatic rings. The minimum atomic E-state index is 0.122. The molecule has 0 unspecified atom stereocenters. The average Bonchev–Trinajstić information content (AvgIpc) is 3.43. The summed E-state index contributed by atoms with van der Waals surface area (Å²) in [6, 6.07) is 18.1. The van der Waals surface area contributed by atoms with Gasteiger partial charge in [-0.15, -0.1) is 10.2 Å². The van der Waals surface area contributed by atoms with E-state index < -0.39 is 0 Å². The second-order valence-electron chi connectivity index (χ2n) is 6.76. The van der Waals surface area contributed by atoms with Gasteiger partial charge in [-0.05, 0) is 25.3 Å². The van der Waals surface area contributed by atoms with Crippen LogP contribution in [-0.4, -0.2) is 26.3 Å². The first kappa shape index (κ1) is 17.0. The van der Waals surface area contributed by atoms with Gasteiger partial charge in [-0.2, -0.15) is 0 Å². The van der Waals surface area contributed by atoms with Gasteiger partial charge in [-0.3, -0.25) is 4.79 Å². The van der Waals surface area contributed by atoms with Crippen LogP contribution in [0.25, 0.3) is 0 Å². The molecule has 2 aromatic carbocycles. The number of aromatic nitrogens is 3. The van der Waals surface area contributed by atoms with Crippen molar-refractivity contribution in [1.29, 1.82) is 0 Å². The molecule has 4 nitrogen and oxygen atoms in total. The number of rotatable bonds is 7. The predicted octanol–water partition coefficient (Wildman–Crippen LogP) is 4.49. The van der Waals surface area contributed by atoms with Gasteiger partial charge in [0, 0.05) is 11.5 Å². The van der Waals surface area contributed by atoms with E-state index in [0.29, 0.717) is 11.7 Å². The Morgan fingerprint density at radius 1 is 1.08 bits per heavy atom. The molecular formula is C21H21N3OS. The van der Waals surface area contributed by atoms with E-state index in [1.165, 1.54) is 30.2 Å². The second kappa shape index (κ2) is 7.46. The highest BCUT2D eigenvalue weighted by Crippen LogP contribution is 2.40. The van der Waals surface area contributed by atoms with Crippen LogP contribution in [0.2, 0.25) is 0 Å². The van der Waals surface area contributed by atoms with Gasteiger partial charge < -0.3 is 4.57 Å². The number of nitrogens with zero attached hydrogens (tertiary/aromatic N) is 3. The summed E-state index contributed by atoms with van der Waals surface area (Å²) in [6.45, 7) is 2.77. The van der Waals surface area contributed by atoms with Crippen LogP contribution in [0.5, 0.6) is 0 Å². The van der Waals surface area contributed by atoms with Gasteiger partial charge in [0.05, 0.1) is 12.3 Å². The molecule has 0 aliphatic heterocycles. The zero-order valence-electron chi connectivity index (χ0n) is 14.8. The number of thioether (sulfide) groups is 1. The molecule has 0 atom stereocenters. The summed E-state index contributed by atoms with van der Waals surface area (Å²) in [5, 5.41) is 9.62. The van der Waals surface area contributed by atoms with Gasteiger partial charge >= 0.3 is 0 Å². The molecule has 4 rings (SSSR count). The maximum absolute atomic E-state index is 12.5.